The van der Waals surface area contributed by atoms with E-state index in [4.69, 9.17) is 21.7 Å². The SMILES string of the molecule is CC(O)C(NC(=O)C(N)CCC(N)=O)C(=O)NC(CO)C(=O)NC(CO)C(=O)O. The van der Waals surface area contributed by atoms with Crippen LogP contribution in [0.5, 0.6) is 0 Å². The van der Waals surface area contributed by atoms with E-state index in [9.17, 15) is 34.2 Å². The highest BCUT2D eigenvalue weighted by Gasteiger charge is 2.32. The second-order valence-corrected chi connectivity index (χ2v) is 6.16. The minimum atomic E-state index is -1.66. The number of aliphatic hydroxyl groups excluding tert-OH is 3. The molecule has 11 N–H and O–H groups in total. The van der Waals surface area contributed by atoms with Gasteiger partial charge < -0.3 is 47.8 Å². The fraction of sp³-hybridized carbons (Fsp3) is 0.667. The van der Waals surface area contributed by atoms with Gasteiger partial charge in [-0.2, -0.15) is 0 Å². The summed E-state index contributed by atoms with van der Waals surface area (Å²) in [6.07, 6.45) is -1.72. The van der Waals surface area contributed by atoms with E-state index in [2.05, 4.69) is 5.32 Å². The number of carboxylic acids is 1. The maximum atomic E-state index is 12.3. The molecule has 0 aromatic heterocycles. The first-order chi connectivity index (χ1) is 13.4. The number of aliphatic hydroxyl groups is 3. The maximum Gasteiger partial charge on any atom is 0.328 e. The third kappa shape index (κ3) is 9.29. The molecular formula is C15H27N5O9. The van der Waals surface area contributed by atoms with Crippen LogP contribution >= 0.6 is 0 Å². The van der Waals surface area contributed by atoms with Crippen LogP contribution in [0.4, 0.5) is 0 Å². The number of aliphatic carboxylic acids is 1. The van der Waals surface area contributed by atoms with Gasteiger partial charge in [0.2, 0.25) is 23.6 Å². The highest BCUT2D eigenvalue weighted by molar-refractivity contribution is 5.94. The van der Waals surface area contributed by atoms with Gasteiger partial charge in [-0.25, -0.2) is 4.79 Å². The van der Waals surface area contributed by atoms with Crippen LogP contribution in [0.25, 0.3) is 0 Å². The topological polar surface area (TPSA) is 254 Å². The van der Waals surface area contributed by atoms with E-state index in [-0.39, 0.29) is 12.8 Å². The van der Waals surface area contributed by atoms with Crippen LogP contribution in [-0.2, 0) is 24.0 Å². The van der Waals surface area contributed by atoms with Gasteiger partial charge in [-0.15, -0.1) is 0 Å². The molecule has 0 aromatic carbocycles. The Morgan fingerprint density at radius 2 is 1.41 bits per heavy atom. The van der Waals surface area contributed by atoms with Gasteiger partial charge in [0.15, 0.2) is 0 Å². The third-order valence-electron chi connectivity index (χ3n) is 3.71. The number of nitrogens with two attached hydrogens (primary N) is 2. The molecule has 0 aliphatic rings. The van der Waals surface area contributed by atoms with Crippen molar-refractivity contribution in [1.82, 2.24) is 16.0 Å². The number of nitrogens with one attached hydrogen (secondary N) is 3. The molecule has 0 aliphatic carbocycles. The summed E-state index contributed by atoms with van der Waals surface area (Å²) in [4.78, 5) is 57.9. The van der Waals surface area contributed by atoms with E-state index >= 15 is 0 Å². The summed E-state index contributed by atoms with van der Waals surface area (Å²) in [5.41, 5.74) is 10.5. The quantitative estimate of drug-likeness (QED) is 0.136. The predicted octanol–water partition coefficient (Wildman–Crippen LogP) is -5.52. The lowest BCUT2D eigenvalue weighted by molar-refractivity contribution is -0.143. The van der Waals surface area contributed by atoms with Gasteiger partial charge in [0.25, 0.3) is 0 Å². The highest BCUT2D eigenvalue weighted by atomic mass is 16.4. The lowest BCUT2D eigenvalue weighted by atomic mass is 10.1. The van der Waals surface area contributed by atoms with Gasteiger partial charge in [0, 0.05) is 6.42 Å². The number of carbonyl (C=O) groups is 5. The lowest BCUT2D eigenvalue weighted by Crippen LogP contribution is -2.60. The highest BCUT2D eigenvalue weighted by Crippen LogP contribution is 2.00. The summed E-state index contributed by atoms with van der Waals surface area (Å²) in [6.45, 7) is -0.698. The van der Waals surface area contributed by atoms with Crippen LogP contribution in [-0.4, -0.2) is 93.5 Å². The number of hydrogen-bond donors (Lipinski definition) is 9. The number of rotatable bonds is 13. The first-order valence-corrected chi connectivity index (χ1v) is 8.52. The Bertz CT molecular complexity index is 613. The summed E-state index contributed by atoms with van der Waals surface area (Å²) in [6, 6.07) is -6.06. The first-order valence-electron chi connectivity index (χ1n) is 8.52. The lowest BCUT2D eigenvalue weighted by Gasteiger charge is -2.25. The predicted molar refractivity (Wildman–Crippen MR) is 95.7 cm³/mol. The van der Waals surface area contributed by atoms with Crippen LogP contribution < -0.4 is 27.4 Å². The molecule has 0 aliphatic heterocycles. The Labute approximate surface area is 165 Å². The van der Waals surface area contributed by atoms with Crippen molar-refractivity contribution in [3.05, 3.63) is 0 Å². The Kier molecular flexibility index (Phi) is 11.4. The Hall–Kier alpha value is -2.81. The molecule has 29 heavy (non-hydrogen) atoms. The van der Waals surface area contributed by atoms with Crippen LogP contribution in [0.2, 0.25) is 0 Å². The molecule has 0 radical (unpaired) electrons. The molecule has 0 saturated carbocycles. The molecule has 0 heterocycles. The van der Waals surface area contributed by atoms with E-state index < -0.39 is 73.1 Å². The van der Waals surface area contributed by atoms with Crippen LogP contribution in [0.3, 0.4) is 0 Å². The van der Waals surface area contributed by atoms with Crippen molar-refractivity contribution in [3.8, 4) is 0 Å². The number of carbonyl (C=O) groups excluding carboxylic acids is 4. The molecule has 0 rings (SSSR count). The van der Waals surface area contributed by atoms with Crippen LogP contribution in [0.15, 0.2) is 0 Å². The molecule has 0 aromatic rings. The summed E-state index contributed by atoms with van der Waals surface area (Å²) in [5.74, 6) is -5.28. The Morgan fingerprint density at radius 1 is 0.897 bits per heavy atom. The Balaban J connectivity index is 5.05. The van der Waals surface area contributed by atoms with Crippen molar-refractivity contribution in [3.63, 3.8) is 0 Å². The van der Waals surface area contributed by atoms with E-state index in [0.717, 1.165) is 0 Å². The summed E-state index contributed by atoms with van der Waals surface area (Å²) in [7, 11) is 0. The zero-order valence-electron chi connectivity index (χ0n) is 15.7. The number of primary amides is 1. The van der Waals surface area contributed by atoms with E-state index in [0.29, 0.717) is 0 Å². The minimum Gasteiger partial charge on any atom is -0.480 e. The molecule has 0 bridgehead atoms. The molecule has 4 amide bonds. The van der Waals surface area contributed by atoms with E-state index in [1.165, 1.54) is 6.92 Å². The van der Waals surface area contributed by atoms with Gasteiger partial charge in [0.1, 0.15) is 18.1 Å². The second kappa shape index (κ2) is 12.6. The van der Waals surface area contributed by atoms with Crippen molar-refractivity contribution < 1.29 is 44.4 Å². The summed E-state index contributed by atoms with van der Waals surface area (Å²) < 4.78 is 0. The smallest absolute Gasteiger partial charge is 0.328 e. The summed E-state index contributed by atoms with van der Waals surface area (Å²) >= 11 is 0. The molecule has 14 heteroatoms. The monoisotopic (exact) mass is 421 g/mol. The molecule has 5 atom stereocenters. The van der Waals surface area contributed by atoms with Crippen LogP contribution in [0, 0.1) is 0 Å². The van der Waals surface area contributed by atoms with Gasteiger partial charge in [-0.05, 0) is 13.3 Å². The average molecular weight is 421 g/mol. The van der Waals surface area contributed by atoms with Gasteiger partial charge in [-0.3, -0.25) is 19.2 Å². The van der Waals surface area contributed by atoms with Crippen molar-refractivity contribution in [2.45, 2.75) is 50.0 Å². The number of amides is 4. The number of hydrogen-bond acceptors (Lipinski definition) is 9. The average Bonchev–Trinajstić information content (AvgIpc) is 2.64. The van der Waals surface area contributed by atoms with Crippen molar-refractivity contribution in [2.24, 2.45) is 11.5 Å². The van der Waals surface area contributed by atoms with Crippen molar-refractivity contribution in [1.29, 1.82) is 0 Å². The fourth-order valence-electron chi connectivity index (χ4n) is 2.01. The zero-order chi connectivity index (χ0) is 22.7. The molecule has 14 nitrogen and oxygen atoms in total. The van der Waals surface area contributed by atoms with Crippen LogP contribution in [0.1, 0.15) is 19.8 Å². The largest absolute Gasteiger partial charge is 0.480 e. The van der Waals surface area contributed by atoms with E-state index in [1.54, 1.807) is 0 Å². The van der Waals surface area contributed by atoms with Crippen molar-refractivity contribution >= 4 is 29.6 Å². The summed E-state index contributed by atoms with van der Waals surface area (Å²) in [5, 5.41) is 42.8. The van der Waals surface area contributed by atoms with Gasteiger partial charge >= 0.3 is 5.97 Å². The standard InChI is InChI=1S/C15H27N5O9/c1-6(23)11(20-12(25)7(16)2-3-10(17)24)14(27)18-8(4-21)13(26)19-9(5-22)15(28)29/h6-9,11,21-23H,2-5,16H2,1H3,(H2,17,24)(H,18,27)(H,19,26)(H,20,25)(H,28,29). The molecule has 5 unspecified atom stereocenters. The molecular weight excluding hydrogens is 394 g/mol. The Morgan fingerprint density at radius 3 is 1.83 bits per heavy atom. The first kappa shape index (κ1) is 26.2. The molecule has 166 valence electrons. The fourth-order valence-corrected chi connectivity index (χ4v) is 2.01. The second-order valence-electron chi connectivity index (χ2n) is 6.16. The zero-order valence-corrected chi connectivity index (χ0v) is 15.7. The molecule has 0 spiro atoms. The molecule has 0 saturated heterocycles. The number of carboxylic acid groups (broad SMARTS) is 1. The van der Waals surface area contributed by atoms with Gasteiger partial charge in [-0.1, -0.05) is 0 Å². The minimum absolute atomic E-state index is 0.102. The maximum absolute atomic E-state index is 12.3. The molecule has 0 fully saturated rings. The van der Waals surface area contributed by atoms with Crippen molar-refractivity contribution in [2.75, 3.05) is 13.2 Å². The third-order valence-corrected chi connectivity index (χ3v) is 3.71. The van der Waals surface area contributed by atoms with Gasteiger partial charge in [0.05, 0.1) is 25.4 Å². The normalized spacial score (nSPS) is 15.9. The van der Waals surface area contributed by atoms with E-state index in [1.807, 2.05) is 10.6 Å².